The monoisotopic (exact) mass is 261 g/mol. The average molecular weight is 261 g/mol. The zero-order chi connectivity index (χ0) is 13.7. The number of carbonyl (C=O) groups excluding carboxylic acids is 1. The van der Waals surface area contributed by atoms with Crippen LogP contribution >= 0.6 is 0 Å². The lowest BCUT2D eigenvalue weighted by Crippen LogP contribution is -2.38. The number of para-hydroxylation sites is 1. The lowest BCUT2D eigenvalue weighted by molar-refractivity contribution is -0.142. The number of unbranched alkanes of at least 4 members (excludes halogenated alkanes) is 1. The summed E-state index contributed by atoms with van der Waals surface area (Å²) in [6.45, 7) is 6.16. The molecule has 0 amide bonds. The fourth-order valence-corrected chi connectivity index (χ4v) is 2.59. The van der Waals surface area contributed by atoms with E-state index in [9.17, 15) is 4.79 Å². The normalized spacial score (nSPS) is 18.0. The highest BCUT2D eigenvalue weighted by molar-refractivity contribution is 5.76. The quantitative estimate of drug-likeness (QED) is 0.603. The number of esters is 1. The molecule has 1 atom stereocenters. The van der Waals surface area contributed by atoms with Gasteiger partial charge in [-0.2, -0.15) is 0 Å². The summed E-state index contributed by atoms with van der Waals surface area (Å²) in [5, 5.41) is 0. The topological polar surface area (TPSA) is 29.5 Å². The molecule has 0 saturated heterocycles. The maximum absolute atomic E-state index is 11.8. The number of nitrogens with zero attached hydrogens (tertiary/aromatic N) is 1. The van der Waals surface area contributed by atoms with E-state index in [4.69, 9.17) is 4.74 Å². The summed E-state index contributed by atoms with van der Waals surface area (Å²) in [5.74, 6) is 0.468. The standard InChI is InChI=1S/C16H23NO2/c1-3-4-9-19-16(18)12-17-11-13(2)10-14-7-5-6-8-15(14)17/h5-8,13H,3-4,9-12H2,1-2H3. The van der Waals surface area contributed by atoms with Crippen molar-refractivity contribution >= 4 is 11.7 Å². The number of rotatable bonds is 5. The maximum atomic E-state index is 11.8. The first kappa shape index (κ1) is 13.9. The Morgan fingerprint density at radius 1 is 1.42 bits per heavy atom. The molecule has 104 valence electrons. The van der Waals surface area contributed by atoms with Gasteiger partial charge >= 0.3 is 5.97 Å². The van der Waals surface area contributed by atoms with Gasteiger partial charge in [-0.25, -0.2) is 0 Å². The Hall–Kier alpha value is -1.51. The summed E-state index contributed by atoms with van der Waals surface area (Å²) in [7, 11) is 0. The number of carbonyl (C=O) groups is 1. The van der Waals surface area contributed by atoms with Crippen LogP contribution in [0.4, 0.5) is 5.69 Å². The van der Waals surface area contributed by atoms with Gasteiger partial charge in [0.1, 0.15) is 6.54 Å². The van der Waals surface area contributed by atoms with Crippen molar-refractivity contribution < 1.29 is 9.53 Å². The van der Waals surface area contributed by atoms with Crippen LogP contribution in [0.15, 0.2) is 24.3 Å². The molecule has 2 rings (SSSR count). The largest absolute Gasteiger partial charge is 0.464 e. The third kappa shape index (κ3) is 3.72. The van der Waals surface area contributed by atoms with Crippen LogP contribution in [0.2, 0.25) is 0 Å². The van der Waals surface area contributed by atoms with Crippen LogP contribution in [0.25, 0.3) is 0 Å². The lowest BCUT2D eigenvalue weighted by atomic mass is 9.94. The molecule has 0 radical (unpaired) electrons. The van der Waals surface area contributed by atoms with Crippen LogP contribution in [0, 0.1) is 5.92 Å². The van der Waals surface area contributed by atoms with E-state index in [-0.39, 0.29) is 5.97 Å². The number of hydrogen-bond acceptors (Lipinski definition) is 3. The molecule has 0 spiro atoms. The van der Waals surface area contributed by atoms with Gasteiger partial charge in [-0.05, 0) is 30.4 Å². The van der Waals surface area contributed by atoms with E-state index in [1.165, 1.54) is 11.3 Å². The van der Waals surface area contributed by atoms with Crippen LogP contribution in [0.1, 0.15) is 32.3 Å². The molecule has 1 aromatic rings. The van der Waals surface area contributed by atoms with Crippen LogP contribution in [-0.4, -0.2) is 25.7 Å². The van der Waals surface area contributed by atoms with Gasteiger partial charge in [0.2, 0.25) is 0 Å². The minimum absolute atomic E-state index is 0.114. The Morgan fingerprint density at radius 2 is 2.21 bits per heavy atom. The summed E-state index contributed by atoms with van der Waals surface area (Å²) in [6.07, 6.45) is 3.09. The molecule has 1 heterocycles. The van der Waals surface area contributed by atoms with E-state index in [1.807, 2.05) is 6.07 Å². The Kier molecular flexibility index (Phi) is 4.83. The summed E-state index contributed by atoms with van der Waals surface area (Å²) in [4.78, 5) is 14.0. The third-order valence-electron chi connectivity index (χ3n) is 3.51. The molecule has 0 aliphatic carbocycles. The van der Waals surface area contributed by atoms with E-state index in [0.29, 0.717) is 19.1 Å². The van der Waals surface area contributed by atoms with E-state index in [0.717, 1.165) is 25.8 Å². The van der Waals surface area contributed by atoms with Crippen molar-refractivity contribution in [2.24, 2.45) is 5.92 Å². The predicted octanol–water partition coefficient (Wildman–Crippen LogP) is 3.03. The minimum atomic E-state index is -0.114. The maximum Gasteiger partial charge on any atom is 0.325 e. The number of fused-ring (bicyclic) bond motifs is 1. The molecule has 1 unspecified atom stereocenters. The van der Waals surface area contributed by atoms with Gasteiger partial charge in [-0.15, -0.1) is 0 Å². The molecule has 0 aromatic heterocycles. The van der Waals surface area contributed by atoms with E-state index in [1.54, 1.807) is 0 Å². The van der Waals surface area contributed by atoms with E-state index in [2.05, 4.69) is 36.9 Å². The van der Waals surface area contributed by atoms with Gasteiger partial charge in [0.05, 0.1) is 6.61 Å². The molecule has 1 aromatic carbocycles. The van der Waals surface area contributed by atoms with Crippen LogP contribution in [-0.2, 0) is 16.0 Å². The Labute approximate surface area is 115 Å². The second-order valence-corrected chi connectivity index (χ2v) is 5.39. The van der Waals surface area contributed by atoms with Gasteiger partial charge in [-0.1, -0.05) is 38.5 Å². The number of benzene rings is 1. The van der Waals surface area contributed by atoms with Crippen LogP contribution in [0.3, 0.4) is 0 Å². The molecule has 19 heavy (non-hydrogen) atoms. The van der Waals surface area contributed by atoms with Crippen molar-refractivity contribution in [2.45, 2.75) is 33.1 Å². The van der Waals surface area contributed by atoms with Gasteiger partial charge < -0.3 is 9.64 Å². The highest BCUT2D eigenvalue weighted by atomic mass is 16.5. The first-order valence-corrected chi connectivity index (χ1v) is 7.19. The van der Waals surface area contributed by atoms with E-state index < -0.39 is 0 Å². The van der Waals surface area contributed by atoms with Crippen molar-refractivity contribution in [2.75, 3.05) is 24.6 Å². The van der Waals surface area contributed by atoms with Gasteiger partial charge in [-0.3, -0.25) is 4.79 Å². The molecular formula is C16H23NO2. The summed E-state index contributed by atoms with van der Waals surface area (Å²) >= 11 is 0. The van der Waals surface area contributed by atoms with Crippen molar-refractivity contribution in [1.29, 1.82) is 0 Å². The molecule has 0 saturated carbocycles. The lowest BCUT2D eigenvalue weighted by Gasteiger charge is -2.34. The van der Waals surface area contributed by atoms with Crippen molar-refractivity contribution in [1.82, 2.24) is 0 Å². The van der Waals surface area contributed by atoms with Gasteiger partial charge in [0.15, 0.2) is 0 Å². The number of ether oxygens (including phenoxy) is 1. The molecule has 0 bridgehead atoms. The third-order valence-corrected chi connectivity index (χ3v) is 3.51. The van der Waals surface area contributed by atoms with Crippen molar-refractivity contribution in [3.63, 3.8) is 0 Å². The molecular weight excluding hydrogens is 238 g/mol. The summed E-state index contributed by atoms with van der Waals surface area (Å²) in [6, 6.07) is 8.35. The first-order valence-electron chi connectivity index (χ1n) is 7.19. The van der Waals surface area contributed by atoms with Crippen LogP contribution < -0.4 is 4.90 Å². The highest BCUT2D eigenvalue weighted by Crippen LogP contribution is 2.29. The number of anilines is 1. The summed E-state index contributed by atoms with van der Waals surface area (Å²) < 4.78 is 5.25. The fourth-order valence-electron chi connectivity index (χ4n) is 2.59. The highest BCUT2D eigenvalue weighted by Gasteiger charge is 2.23. The minimum Gasteiger partial charge on any atom is -0.464 e. The predicted molar refractivity (Wildman–Crippen MR) is 77.4 cm³/mol. The molecule has 1 aliphatic heterocycles. The molecule has 3 heteroatoms. The SMILES string of the molecule is CCCCOC(=O)CN1CC(C)Cc2ccccc21. The first-order chi connectivity index (χ1) is 9.20. The zero-order valence-corrected chi connectivity index (χ0v) is 11.9. The molecule has 0 N–H and O–H groups in total. The van der Waals surface area contributed by atoms with Crippen LogP contribution in [0.5, 0.6) is 0 Å². The fraction of sp³-hybridized carbons (Fsp3) is 0.562. The Balaban J connectivity index is 1.98. The summed E-state index contributed by atoms with van der Waals surface area (Å²) in [5.41, 5.74) is 2.52. The van der Waals surface area contributed by atoms with Crippen molar-refractivity contribution in [3.05, 3.63) is 29.8 Å². The van der Waals surface area contributed by atoms with Gasteiger partial charge in [0.25, 0.3) is 0 Å². The number of hydrogen-bond donors (Lipinski definition) is 0. The van der Waals surface area contributed by atoms with E-state index >= 15 is 0 Å². The Morgan fingerprint density at radius 3 is 3.00 bits per heavy atom. The second-order valence-electron chi connectivity index (χ2n) is 5.39. The Bertz CT molecular complexity index is 431. The van der Waals surface area contributed by atoms with Gasteiger partial charge in [0, 0.05) is 12.2 Å². The zero-order valence-electron chi connectivity index (χ0n) is 11.9. The molecule has 3 nitrogen and oxygen atoms in total. The second kappa shape index (κ2) is 6.60. The smallest absolute Gasteiger partial charge is 0.325 e. The molecule has 0 fully saturated rings. The molecule has 1 aliphatic rings. The van der Waals surface area contributed by atoms with Crippen molar-refractivity contribution in [3.8, 4) is 0 Å². The average Bonchev–Trinajstić information content (AvgIpc) is 2.39.